The molecule has 0 amide bonds. The fraction of sp³-hybridized carbons (Fsp3) is 0.385. The largest absolute Gasteiger partial charge is 0.460 e. The van der Waals surface area contributed by atoms with E-state index in [2.05, 4.69) is 0 Å². The van der Waals surface area contributed by atoms with Crippen LogP contribution < -0.4 is 9.47 Å². The van der Waals surface area contributed by atoms with Crippen molar-refractivity contribution in [2.45, 2.75) is 20.3 Å². The first-order valence-electron chi connectivity index (χ1n) is 5.92. The van der Waals surface area contributed by atoms with E-state index in [0.717, 1.165) is 0 Å². The Kier molecular flexibility index (Phi) is 3.95. The molecule has 0 aromatic heterocycles. The van der Waals surface area contributed by atoms with Gasteiger partial charge in [-0.15, -0.1) is 0 Å². The Balaban J connectivity index is 2.48. The van der Waals surface area contributed by atoms with Crippen molar-refractivity contribution in [3.8, 4) is 11.5 Å². The maximum absolute atomic E-state index is 12.0. The molecule has 1 aliphatic rings. The van der Waals surface area contributed by atoms with Gasteiger partial charge in [0.15, 0.2) is 11.5 Å². The summed E-state index contributed by atoms with van der Waals surface area (Å²) in [6, 6.07) is 1.48. The van der Waals surface area contributed by atoms with Crippen molar-refractivity contribution < 1.29 is 23.8 Å². The summed E-state index contributed by atoms with van der Waals surface area (Å²) >= 11 is 6.18. The summed E-state index contributed by atoms with van der Waals surface area (Å²) in [6.45, 7) is 3.67. The smallest absolute Gasteiger partial charge is 0.379 e. The van der Waals surface area contributed by atoms with Crippen LogP contribution in [0.2, 0.25) is 5.02 Å². The summed E-state index contributed by atoms with van der Waals surface area (Å²) < 4.78 is 15.1. The molecule has 0 saturated carbocycles. The number of hydrogen-bond acceptors (Lipinski definition) is 5. The van der Waals surface area contributed by atoms with E-state index < -0.39 is 11.8 Å². The van der Waals surface area contributed by atoms with E-state index in [1.54, 1.807) is 6.92 Å². The lowest BCUT2D eigenvalue weighted by Gasteiger charge is -2.10. The van der Waals surface area contributed by atoms with Gasteiger partial charge in [-0.3, -0.25) is 4.79 Å². The van der Waals surface area contributed by atoms with Gasteiger partial charge >= 0.3 is 5.97 Å². The first-order valence-corrected chi connectivity index (χ1v) is 6.30. The van der Waals surface area contributed by atoms with Crippen molar-refractivity contribution in [3.05, 3.63) is 22.2 Å². The quantitative estimate of drug-likeness (QED) is 0.482. The van der Waals surface area contributed by atoms with Gasteiger partial charge in [0.25, 0.3) is 5.78 Å². The zero-order valence-electron chi connectivity index (χ0n) is 10.6. The highest BCUT2D eigenvalue weighted by Crippen LogP contribution is 2.43. The zero-order chi connectivity index (χ0) is 14.0. The molecule has 19 heavy (non-hydrogen) atoms. The van der Waals surface area contributed by atoms with Crippen LogP contribution in [0.3, 0.4) is 0 Å². The number of benzene rings is 1. The Labute approximate surface area is 115 Å². The summed E-state index contributed by atoms with van der Waals surface area (Å²) in [5.41, 5.74) is 0.763. The molecule has 0 bridgehead atoms. The second-order valence-corrected chi connectivity index (χ2v) is 4.23. The Morgan fingerprint density at radius 3 is 2.74 bits per heavy atom. The monoisotopic (exact) mass is 284 g/mol. The van der Waals surface area contributed by atoms with E-state index in [1.807, 2.05) is 6.92 Å². The fourth-order valence-electron chi connectivity index (χ4n) is 1.90. The Morgan fingerprint density at radius 1 is 1.37 bits per heavy atom. The minimum atomic E-state index is -0.896. The summed E-state index contributed by atoms with van der Waals surface area (Å²) in [4.78, 5) is 23.6. The molecular formula is C13H13ClO5. The van der Waals surface area contributed by atoms with Crippen molar-refractivity contribution >= 4 is 23.4 Å². The Hall–Kier alpha value is -1.75. The number of carbonyl (C=O) groups is 2. The summed E-state index contributed by atoms with van der Waals surface area (Å²) in [6.07, 6.45) is 0.496. The molecule has 102 valence electrons. The van der Waals surface area contributed by atoms with Gasteiger partial charge in [0.2, 0.25) is 6.79 Å². The minimum Gasteiger partial charge on any atom is -0.460 e. The third-order valence-electron chi connectivity index (χ3n) is 2.77. The number of halogens is 1. The van der Waals surface area contributed by atoms with Crippen molar-refractivity contribution in [1.82, 2.24) is 0 Å². The molecule has 1 aliphatic heterocycles. The predicted molar refractivity (Wildman–Crippen MR) is 67.9 cm³/mol. The fourth-order valence-corrected chi connectivity index (χ4v) is 2.28. The topological polar surface area (TPSA) is 61.8 Å². The molecular weight excluding hydrogens is 272 g/mol. The number of ketones is 1. The van der Waals surface area contributed by atoms with Gasteiger partial charge in [-0.2, -0.15) is 0 Å². The van der Waals surface area contributed by atoms with Gasteiger partial charge < -0.3 is 14.2 Å². The molecule has 0 saturated heterocycles. The van der Waals surface area contributed by atoms with Crippen LogP contribution in [0.4, 0.5) is 0 Å². The maximum atomic E-state index is 12.0. The van der Waals surface area contributed by atoms with Crippen LogP contribution in [-0.4, -0.2) is 25.2 Å². The number of esters is 1. The van der Waals surface area contributed by atoms with Crippen LogP contribution in [0, 0.1) is 0 Å². The predicted octanol–water partition coefficient (Wildman–Crippen LogP) is 2.38. The standard InChI is InChI=1S/C13H13ClO5/c1-3-7-8(11(15)13(16)17-4-2)5-9-12(10(7)14)19-6-18-9/h5H,3-4,6H2,1-2H3. The summed E-state index contributed by atoms with van der Waals surface area (Å²) in [5, 5.41) is 0.310. The van der Waals surface area contributed by atoms with Gasteiger partial charge in [0, 0.05) is 5.56 Å². The average molecular weight is 285 g/mol. The van der Waals surface area contributed by atoms with Crippen molar-refractivity contribution in [1.29, 1.82) is 0 Å². The van der Waals surface area contributed by atoms with E-state index >= 15 is 0 Å². The van der Waals surface area contributed by atoms with Gasteiger partial charge in [0.05, 0.1) is 11.6 Å². The first kappa shape index (κ1) is 13.7. The van der Waals surface area contributed by atoms with Gasteiger partial charge in [-0.25, -0.2) is 4.79 Å². The number of Topliss-reactive ketones (excluding diaryl/α,β-unsaturated/α-hetero) is 1. The number of rotatable bonds is 4. The van der Waals surface area contributed by atoms with Crippen molar-refractivity contribution in [3.63, 3.8) is 0 Å². The lowest BCUT2D eigenvalue weighted by atomic mass is 10.0. The van der Waals surface area contributed by atoms with Crippen LogP contribution >= 0.6 is 11.6 Å². The number of fused-ring (bicyclic) bond motifs is 1. The number of carbonyl (C=O) groups excluding carboxylic acids is 2. The van der Waals surface area contributed by atoms with Crippen molar-refractivity contribution in [2.75, 3.05) is 13.4 Å². The van der Waals surface area contributed by atoms with Crippen LogP contribution in [0.25, 0.3) is 0 Å². The number of hydrogen-bond donors (Lipinski definition) is 0. The SMILES string of the molecule is CCOC(=O)C(=O)c1cc2c(c(Cl)c1CC)OCO2. The van der Waals surface area contributed by atoms with Gasteiger partial charge in [-0.1, -0.05) is 18.5 Å². The maximum Gasteiger partial charge on any atom is 0.379 e. The second-order valence-electron chi connectivity index (χ2n) is 3.85. The first-order chi connectivity index (χ1) is 9.10. The molecule has 0 fully saturated rings. The molecule has 0 unspecified atom stereocenters. The molecule has 5 nitrogen and oxygen atoms in total. The minimum absolute atomic E-state index is 0.0509. The molecule has 1 heterocycles. The molecule has 0 aliphatic carbocycles. The summed E-state index contributed by atoms with van der Waals surface area (Å²) in [5.74, 6) is -0.834. The van der Waals surface area contributed by atoms with E-state index in [4.69, 9.17) is 25.8 Å². The van der Waals surface area contributed by atoms with Crippen LogP contribution in [0.1, 0.15) is 29.8 Å². The Morgan fingerprint density at radius 2 is 2.11 bits per heavy atom. The van der Waals surface area contributed by atoms with Gasteiger partial charge in [-0.05, 0) is 25.0 Å². The van der Waals surface area contributed by atoms with E-state index in [9.17, 15) is 9.59 Å². The highest BCUT2D eigenvalue weighted by molar-refractivity contribution is 6.42. The van der Waals surface area contributed by atoms with E-state index in [1.165, 1.54) is 6.07 Å². The molecule has 0 atom stereocenters. The molecule has 2 rings (SSSR count). The molecule has 0 N–H and O–H groups in total. The normalized spacial score (nSPS) is 12.4. The second kappa shape index (κ2) is 5.48. The average Bonchev–Trinajstić information content (AvgIpc) is 2.86. The molecule has 0 radical (unpaired) electrons. The molecule has 1 aromatic carbocycles. The molecule has 1 aromatic rings. The van der Waals surface area contributed by atoms with E-state index in [0.29, 0.717) is 28.5 Å². The summed E-state index contributed by atoms with van der Waals surface area (Å²) in [7, 11) is 0. The van der Waals surface area contributed by atoms with E-state index in [-0.39, 0.29) is 19.0 Å². The highest BCUT2D eigenvalue weighted by atomic mass is 35.5. The van der Waals surface area contributed by atoms with Crippen molar-refractivity contribution in [2.24, 2.45) is 0 Å². The third-order valence-corrected chi connectivity index (χ3v) is 3.17. The Bertz CT molecular complexity index is 538. The third kappa shape index (κ3) is 2.38. The molecule has 0 spiro atoms. The van der Waals surface area contributed by atoms with Crippen LogP contribution in [0.15, 0.2) is 6.07 Å². The molecule has 6 heteroatoms. The number of ether oxygens (including phenoxy) is 3. The van der Waals surface area contributed by atoms with Crippen LogP contribution in [-0.2, 0) is 16.0 Å². The van der Waals surface area contributed by atoms with Crippen LogP contribution in [0.5, 0.6) is 11.5 Å². The lowest BCUT2D eigenvalue weighted by molar-refractivity contribution is -0.137. The highest BCUT2D eigenvalue weighted by Gasteiger charge is 2.28. The van der Waals surface area contributed by atoms with Gasteiger partial charge in [0.1, 0.15) is 0 Å². The lowest BCUT2D eigenvalue weighted by Crippen LogP contribution is -2.19. The zero-order valence-corrected chi connectivity index (χ0v) is 11.4.